The molecule has 0 saturated heterocycles. The summed E-state index contributed by atoms with van der Waals surface area (Å²) in [6.07, 6.45) is 2.00. The van der Waals surface area contributed by atoms with Gasteiger partial charge in [-0.3, -0.25) is 0 Å². The molecule has 0 fully saturated rings. The van der Waals surface area contributed by atoms with Crippen molar-refractivity contribution in [2.45, 2.75) is 33.6 Å². The maximum absolute atomic E-state index is 5.73. The molecule has 2 rings (SSSR count). The third-order valence-corrected chi connectivity index (χ3v) is 3.71. The van der Waals surface area contributed by atoms with Crippen LogP contribution >= 0.6 is 11.3 Å². The van der Waals surface area contributed by atoms with Crippen molar-refractivity contribution < 1.29 is 4.74 Å². The molecule has 0 bridgehead atoms. The molecule has 2 heterocycles. The molecule has 0 aliphatic rings. The number of anilines is 1. The first kappa shape index (κ1) is 13.1. The fourth-order valence-corrected chi connectivity index (χ4v) is 2.62. The number of nitrogens with one attached hydrogen (secondary N) is 1. The smallest absolute Gasteiger partial charge is 0.227 e. The van der Waals surface area contributed by atoms with E-state index in [0.29, 0.717) is 18.4 Å². The van der Waals surface area contributed by atoms with Crippen LogP contribution in [0.25, 0.3) is 10.2 Å². The van der Waals surface area contributed by atoms with Crippen LogP contribution in [0.5, 0.6) is 5.88 Å². The first-order valence-corrected chi connectivity index (χ1v) is 7.27. The Morgan fingerprint density at radius 1 is 1.28 bits per heavy atom. The Kier molecular flexibility index (Phi) is 4.36. The Labute approximate surface area is 111 Å². The predicted octanol–water partition coefficient (Wildman–Crippen LogP) is 3.47. The highest BCUT2D eigenvalue weighted by atomic mass is 32.1. The summed E-state index contributed by atoms with van der Waals surface area (Å²) in [5, 5.41) is 4.18. The molecule has 4 nitrogen and oxygen atoms in total. The number of fused-ring (bicyclic) bond motifs is 1. The van der Waals surface area contributed by atoms with Crippen molar-refractivity contribution in [3.05, 3.63) is 10.9 Å². The summed E-state index contributed by atoms with van der Waals surface area (Å²) < 4.78 is 5.73. The number of ether oxygens (including phenoxy) is 1. The van der Waals surface area contributed by atoms with Crippen molar-refractivity contribution >= 4 is 27.5 Å². The molecule has 5 heteroatoms. The van der Waals surface area contributed by atoms with Crippen LogP contribution in [0.4, 0.5) is 5.95 Å². The minimum Gasteiger partial charge on any atom is -0.477 e. The van der Waals surface area contributed by atoms with Crippen LogP contribution in [0, 0.1) is 0 Å². The van der Waals surface area contributed by atoms with Gasteiger partial charge in [0.2, 0.25) is 11.8 Å². The topological polar surface area (TPSA) is 47.0 Å². The number of nitrogens with zero attached hydrogens (tertiary/aromatic N) is 2. The number of hydrogen-bond acceptors (Lipinski definition) is 5. The van der Waals surface area contributed by atoms with E-state index < -0.39 is 0 Å². The second-order valence-corrected chi connectivity index (χ2v) is 5.13. The van der Waals surface area contributed by atoms with E-state index in [0.717, 1.165) is 29.6 Å². The Bertz CT molecular complexity index is 524. The lowest BCUT2D eigenvalue weighted by Crippen LogP contribution is -2.04. The van der Waals surface area contributed by atoms with E-state index in [4.69, 9.17) is 4.74 Å². The molecule has 0 unspecified atom stereocenters. The maximum atomic E-state index is 5.73. The summed E-state index contributed by atoms with van der Waals surface area (Å²) in [7, 11) is 0. The fourth-order valence-electron chi connectivity index (χ4n) is 1.67. The molecule has 0 aromatic carbocycles. The van der Waals surface area contributed by atoms with Crippen molar-refractivity contribution in [1.29, 1.82) is 0 Å². The van der Waals surface area contributed by atoms with Gasteiger partial charge in [-0.25, -0.2) is 4.98 Å². The zero-order chi connectivity index (χ0) is 13.0. The van der Waals surface area contributed by atoms with E-state index in [1.165, 1.54) is 4.88 Å². The molecule has 1 N–H and O–H groups in total. The minimum absolute atomic E-state index is 0.653. The van der Waals surface area contributed by atoms with Crippen LogP contribution in [0.2, 0.25) is 0 Å². The molecule has 0 amide bonds. The summed E-state index contributed by atoms with van der Waals surface area (Å²) in [6.45, 7) is 7.77. The van der Waals surface area contributed by atoms with Crippen LogP contribution in [-0.2, 0) is 6.42 Å². The van der Waals surface area contributed by atoms with E-state index in [1.807, 2.05) is 6.92 Å². The minimum atomic E-state index is 0.653. The van der Waals surface area contributed by atoms with E-state index in [2.05, 4.69) is 35.2 Å². The molecule has 2 aromatic rings. The number of rotatable bonds is 6. The molecule has 18 heavy (non-hydrogen) atoms. The van der Waals surface area contributed by atoms with E-state index >= 15 is 0 Å². The Morgan fingerprint density at radius 3 is 2.78 bits per heavy atom. The van der Waals surface area contributed by atoms with Gasteiger partial charge in [0.15, 0.2) is 0 Å². The highest BCUT2D eigenvalue weighted by Crippen LogP contribution is 2.31. The van der Waals surface area contributed by atoms with Crippen molar-refractivity contribution in [2.24, 2.45) is 0 Å². The third kappa shape index (κ3) is 2.72. The highest BCUT2D eigenvalue weighted by Gasteiger charge is 2.12. The van der Waals surface area contributed by atoms with Crippen LogP contribution in [0.15, 0.2) is 6.07 Å². The van der Waals surface area contributed by atoms with Gasteiger partial charge < -0.3 is 10.1 Å². The fraction of sp³-hybridized carbons (Fsp3) is 0.538. The lowest BCUT2D eigenvalue weighted by Gasteiger charge is -2.07. The molecule has 98 valence electrons. The van der Waals surface area contributed by atoms with Gasteiger partial charge in [-0.15, -0.1) is 11.3 Å². The van der Waals surface area contributed by atoms with Gasteiger partial charge in [-0.1, -0.05) is 13.8 Å². The molecule has 0 aliphatic carbocycles. The molecule has 0 saturated carbocycles. The largest absolute Gasteiger partial charge is 0.477 e. The molecular weight excluding hydrogens is 246 g/mol. The second kappa shape index (κ2) is 6.00. The average Bonchev–Trinajstić information content (AvgIpc) is 2.79. The Morgan fingerprint density at radius 2 is 2.11 bits per heavy atom. The quantitative estimate of drug-likeness (QED) is 0.868. The van der Waals surface area contributed by atoms with Gasteiger partial charge in [0, 0.05) is 11.4 Å². The summed E-state index contributed by atoms with van der Waals surface area (Å²) in [5.74, 6) is 1.36. The molecule has 0 atom stereocenters. The average molecular weight is 265 g/mol. The normalized spacial score (nSPS) is 10.8. The van der Waals surface area contributed by atoms with Gasteiger partial charge >= 0.3 is 0 Å². The number of thiophene rings is 1. The standard InChI is InChI=1S/C13H19N3OS/c1-4-7-17-11-10-8-9(5-2)18-12(10)16-13(15-11)14-6-3/h8H,4-7H2,1-3H3,(H,14,15,16). The van der Waals surface area contributed by atoms with Crippen molar-refractivity contribution in [3.63, 3.8) is 0 Å². The van der Waals surface area contributed by atoms with Crippen LogP contribution < -0.4 is 10.1 Å². The number of hydrogen-bond donors (Lipinski definition) is 1. The predicted molar refractivity (Wildman–Crippen MR) is 76.7 cm³/mol. The summed E-state index contributed by atoms with van der Waals surface area (Å²) >= 11 is 1.71. The van der Waals surface area contributed by atoms with Crippen LogP contribution in [0.3, 0.4) is 0 Å². The van der Waals surface area contributed by atoms with Crippen molar-refractivity contribution in [1.82, 2.24) is 9.97 Å². The molecule has 0 radical (unpaired) electrons. The SMILES string of the molecule is CCCOc1nc(NCC)nc2sc(CC)cc12. The van der Waals surface area contributed by atoms with Gasteiger partial charge in [0.1, 0.15) is 4.83 Å². The lowest BCUT2D eigenvalue weighted by molar-refractivity contribution is 0.309. The first-order chi connectivity index (χ1) is 8.78. The highest BCUT2D eigenvalue weighted by molar-refractivity contribution is 7.18. The van der Waals surface area contributed by atoms with Crippen molar-refractivity contribution in [2.75, 3.05) is 18.5 Å². The molecule has 2 aromatic heterocycles. The van der Waals surface area contributed by atoms with Crippen LogP contribution in [0.1, 0.15) is 32.1 Å². The zero-order valence-electron chi connectivity index (χ0n) is 11.1. The van der Waals surface area contributed by atoms with Gasteiger partial charge in [-0.2, -0.15) is 4.98 Å². The first-order valence-electron chi connectivity index (χ1n) is 6.45. The maximum Gasteiger partial charge on any atom is 0.227 e. The lowest BCUT2D eigenvalue weighted by atomic mass is 10.3. The molecule has 0 spiro atoms. The van der Waals surface area contributed by atoms with E-state index in [-0.39, 0.29) is 0 Å². The van der Waals surface area contributed by atoms with E-state index in [1.54, 1.807) is 11.3 Å². The summed E-state index contributed by atoms with van der Waals surface area (Å²) in [6, 6.07) is 2.14. The van der Waals surface area contributed by atoms with Crippen LogP contribution in [-0.4, -0.2) is 23.1 Å². The van der Waals surface area contributed by atoms with Crippen molar-refractivity contribution in [3.8, 4) is 5.88 Å². The second-order valence-electron chi connectivity index (χ2n) is 4.02. The summed E-state index contributed by atoms with van der Waals surface area (Å²) in [5.41, 5.74) is 0. The number of aryl methyl sites for hydroxylation is 1. The Hall–Kier alpha value is -1.36. The third-order valence-electron chi connectivity index (χ3n) is 2.54. The Balaban J connectivity index is 2.44. The molecule has 0 aliphatic heterocycles. The summed E-state index contributed by atoms with van der Waals surface area (Å²) in [4.78, 5) is 11.3. The van der Waals surface area contributed by atoms with Gasteiger partial charge in [-0.05, 0) is 25.8 Å². The van der Waals surface area contributed by atoms with E-state index in [9.17, 15) is 0 Å². The number of aromatic nitrogens is 2. The van der Waals surface area contributed by atoms with Gasteiger partial charge in [0.05, 0.1) is 12.0 Å². The van der Waals surface area contributed by atoms with Gasteiger partial charge in [0.25, 0.3) is 0 Å². The molecular formula is C13H19N3OS. The monoisotopic (exact) mass is 265 g/mol. The zero-order valence-corrected chi connectivity index (χ0v) is 11.9.